The summed E-state index contributed by atoms with van der Waals surface area (Å²) in [5.41, 5.74) is 15.8. The molecule has 10 N–H and O–H groups in total. The van der Waals surface area contributed by atoms with Crippen molar-refractivity contribution in [1.29, 1.82) is 0 Å². The number of nitrogens with two attached hydrogens (primary N) is 3. The van der Waals surface area contributed by atoms with Crippen LogP contribution in [0.1, 0.15) is 46.0 Å². The van der Waals surface area contributed by atoms with Crippen LogP contribution in [0.3, 0.4) is 0 Å². The fraction of sp³-hybridized carbons (Fsp3) is 0.722. The summed E-state index contributed by atoms with van der Waals surface area (Å²) in [6.07, 6.45) is 0.920. The highest BCUT2D eigenvalue weighted by molar-refractivity contribution is 5.94. The highest BCUT2D eigenvalue weighted by Crippen LogP contribution is 2.07. The third kappa shape index (κ3) is 10.7. The maximum absolute atomic E-state index is 12.6. The van der Waals surface area contributed by atoms with E-state index < -0.39 is 47.7 Å². The van der Waals surface area contributed by atoms with Crippen LogP contribution in [-0.2, 0) is 24.0 Å². The molecule has 30 heavy (non-hydrogen) atoms. The molecule has 172 valence electrons. The minimum absolute atomic E-state index is 0.127. The maximum atomic E-state index is 12.6. The van der Waals surface area contributed by atoms with Gasteiger partial charge in [-0.2, -0.15) is 0 Å². The molecular weight excluding hydrogens is 396 g/mol. The van der Waals surface area contributed by atoms with Crippen molar-refractivity contribution in [3.8, 4) is 0 Å². The third-order valence-corrected chi connectivity index (χ3v) is 4.32. The van der Waals surface area contributed by atoms with Crippen molar-refractivity contribution < 1.29 is 29.1 Å². The number of nitrogens with one attached hydrogen (secondary N) is 3. The van der Waals surface area contributed by atoms with Crippen molar-refractivity contribution in [3.05, 3.63) is 0 Å². The van der Waals surface area contributed by atoms with Crippen LogP contribution in [0, 0.1) is 5.92 Å². The van der Waals surface area contributed by atoms with Gasteiger partial charge >= 0.3 is 5.97 Å². The predicted octanol–water partition coefficient (Wildman–Crippen LogP) is -2.47. The second-order valence-corrected chi connectivity index (χ2v) is 7.24. The molecule has 0 rings (SSSR count). The first-order valence-corrected chi connectivity index (χ1v) is 9.84. The largest absolute Gasteiger partial charge is 0.480 e. The summed E-state index contributed by atoms with van der Waals surface area (Å²) >= 11 is 0. The quantitative estimate of drug-likeness (QED) is 0.138. The minimum atomic E-state index is -1.23. The van der Waals surface area contributed by atoms with Gasteiger partial charge in [-0.3, -0.25) is 19.2 Å². The number of amides is 4. The summed E-state index contributed by atoms with van der Waals surface area (Å²) < 4.78 is 0. The predicted molar refractivity (Wildman–Crippen MR) is 109 cm³/mol. The third-order valence-electron chi connectivity index (χ3n) is 4.32. The van der Waals surface area contributed by atoms with Gasteiger partial charge in [-0.05, 0) is 38.1 Å². The molecular formula is C18H34N6O6. The van der Waals surface area contributed by atoms with Crippen LogP contribution in [0.5, 0.6) is 0 Å². The highest BCUT2D eigenvalue weighted by Gasteiger charge is 2.30. The molecule has 0 aliphatic rings. The molecule has 0 saturated heterocycles. The standard InChI is InChI=1S/C18H34N6O6/c1-10(2)15(24-14(26)9-20)17(28)22-11(6-7-13(21)25)16(27)23-12(18(29)30)5-3-4-8-19/h10-12,15H,3-9,19-20H2,1-2H3,(H2,21,25)(H,22,28)(H,23,27)(H,24,26)(H,29,30). The maximum Gasteiger partial charge on any atom is 0.326 e. The van der Waals surface area contributed by atoms with Crippen molar-refractivity contribution in [2.45, 2.75) is 64.1 Å². The SMILES string of the molecule is CC(C)C(NC(=O)CN)C(=O)NC(CCC(N)=O)C(=O)NC(CCCCN)C(=O)O. The van der Waals surface area contributed by atoms with E-state index in [4.69, 9.17) is 17.2 Å². The minimum Gasteiger partial charge on any atom is -0.480 e. The topological polar surface area (TPSA) is 220 Å². The number of primary amides is 1. The summed E-state index contributed by atoms with van der Waals surface area (Å²) in [5, 5.41) is 16.6. The molecule has 0 spiro atoms. The number of carboxylic acid groups (broad SMARTS) is 1. The Kier molecular flexibility index (Phi) is 13.0. The van der Waals surface area contributed by atoms with E-state index in [2.05, 4.69) is 16.0 Å². The van der Waals surface area contributed by atoms with Gasteiger partial charge < -0.3 is 38.3 Å². The Morgan fingerprint density at radius 2 is 1.47 bits per heavy atom. The Labute approximate surface area is 175 Å². The second kappa shape index (κ2) is 14.3. The van der Waals surface area contributed by atoms with E-state index in [1.807, 2.05) is 0 Å². The van der Waals surface area contributed by atoms with Crippen LogP contribution in [0.2, 0.25) is 0 Å². The number of unbranched alkanes of at least 4 members (excludes halogenated alkanes) is 1. The van der Waals surface area contributed by atoms with Crippen LogP contribution in [0.15, 0.2) is 0 Å². The van der Waals surface area contributed by atoms with Crippen LogP contribution < -0.4 is 33.2 Å². The summed E-state index contributed by atoms with van der Waals surface area (Å²) in [5.74, 6) is -4.20. The zero-order valence-electron chi connectivity index (χ0n) is 17.5. The van der Waals surface area contributed by atoms with E-state index in [1.54, 1.807) is 13.8 Å². The molecule has 0 aromatic carbocycles. The van der Waals surface area contributed by atoms with Gasteiger partial charge in [0, 0.05) is 6.42 Å². The Bertz CT molecular complexity index is 612. The Morgan fingerprint density at radius 1 is 0.867 bits per heavy atom. The van der Waals surface area contributed by atoms with Gasteiger partial charge in [0.15, 0.2) is 0 Å². The highest BCUT2D eigenvalue weighted by atomic mass is 16.4. The number of carboxylic acids is 1. The van der Waals surface area contributed by atoms with E-state index >= 15 is 0 Å². The second-order valence-electron chi connectivity index (χ2n) is 7.24. The van der Waals surface area contributed by atoms with Crippen molar-refractivity contribution in [2.24, 2.45) is 23.1 Å². The van der Waals surface area contributed by atoms with Gasteiger partial charge in [-0.15, -0.1) is 0 Å². The molecule has 0 fully saturated rings. The molecule has 4 amide bonds. The van der Waals surface area contributed by atoms with E-state index in [0.717, 1.165) is 0 Å². The Balaban J connectivity index is 5.32. The van der Waals surface area contributed by atoms with E-state index in [9.17, 15) is 29.1 Å². The van der Waals surface area contributed by atoms with Gasteiger partial charge in [-0.1, -0.05) is 13.8 Å². The van der Waals surface area contributed by atoms with Crippen molar-refractivity contribution in [3.63, 3.8) is 0 Å². The molecule has 0 bridgehead atoms. The lowest BCUT2D eigenvalue weighted by Crippen LogP contribution is -2.57. The number of carbonyl (C=O) groups excluding carboxylic acids is 4. The first kappa shape index (κ1) is 27.3. The van der Waals surface area contributed by atoms with E-state index in [0.29, 0.717) is 19.4 Å². The van der Waals surface area contributed by atoms with Crippen LogP contribution in [0.25, 0.3) is 0 Å². The summed E-state index contributed by atoms with van der Waals surface area (Å²) in [6.45, 7) is 3.46. The first-order valence-electron chi connectivity index (χ1n) is 9.84. The number of carbonyl (C=O) groups is 5. The van der Waals surface area contributed by atoms with Gasteiger partial charge in [0.1, 0.15) is 18.1 Å². The number of hydrogen-bond donors (Lipinski definition) is 7. The van der Waals surface area contributed by atoms with Gasteiger partial charge in [0.05, 0.1) is 6.54 Å². The normalized spacial score (nSPS) is 13.8. The average molecular weight is 431 g/mol. The fourth-order valence-corrected chi connectivity index (χ4v) is 2.61. The molecule has 0 aromatic rings. The van der Waals surface area contributed by atoms with E-state index in [1.165, 1.54) is 0 Å². The fourth-order valence-electron chi connectivity index (χ4n) is 2.61. The van der Waals surface area contributed by atoms with Crippen molar-refractivity contribution >= 4 is 29.6 Å². The molecule has 3 unspecified atom stereocenters. The van der Waals surface area contributed by atoms with Crippen LogP contribution >= 0.6 is 0 Å². The Hall–Kier alpha value is -2.73. The lowest BCUT2D eigenvalue weighted by atomic mass is 10.0. The van der Waals surface area contributed by atoms with Gasteiger partial charge in [0.25, 0.3) is 0 Å². The molecule has 0 saturated carbocycles. The van der Waals surface area contributed by atoms with Gasteiger partial charge in [0.2, 0.25) is 23.6 Å². The smallest absolute Gasteiger partial charge is 0.326 e. The van der Waals surface area contributed by atoms with E-state index in [-0.39, 0.29) is 31.7 Å². The molecule has 12 nitrogen and oxygen atoms in total. The van der Waals surface area contributed by atoms with Gasteiger partial charge in [-0.25, -0.2) is 4.79 Å². The first-order chi connectivity index (χ1) is 14.0. The lowest BCUT2D eigenvalue weighted by Gasteiger charge is -2.26. The summed E-state index contributed by atoms with van der Waals surface area (Å²) in [7, 11) is 0. The van der Waals surface area contributed by atoms with Crippen LogP contribution in [-0.4, -0.2) is 65.9 Å². The molecule has 12 heteroatoms. The molecule has 3 atom stereocenters. The average Bonchev–Trinajstić information content (AvgIpc) is 2.67. The van der Waals surface area contributed by atoms with Crippen molar-refractivity contribution in [1.82, 2.24) is 16.0 Å². The molecule has 0 radical (unpaired) electrons. The number of rotatable bonds is 15. The summed E-state index contributed by atoms with van der Waals surface area (Å²) in [6, 6.07) is -3.35. The zero-order valence-corrected chi connectivity index (χ0v) is 17.5. The molecule has 0 heterocycles. The number of aliphatic carboxylic acids is 1. The monoisotopic (exact) mass is 430 g/mol. The zero-order chi connectivity index (χ0) is 23.3. The van der Waals surface area contributed by atoms with Crippen LogP contribution in [0.4, 0.5) is 0 Å². The number of hydrogen-bond acceptors (Lipinski definition) is 7. The lowest BCUT2D eigenvalue weighted by molar-refractivity contribution is -0.142. The Morgan fingerprint density at radius 3 is 1.93 bits per heavy atom. The molecule has 0 aliphatic heterocycles. The summed E-state index contributed by atoms with van der Waals surface area (Å²) in [4.78, 5) is 59.4. The molecule has 0 aliphatic carbocycles. The molecule has 0 aromatic heterocycles. The van der Waals surface area contributed by atoms with Crippen molar-refractivity contribution in [2.75, 3.05) is 13.1 Å².